The fourth-order valence-electron chi connectivity index (χ4n) is 3.35. The van der Waals surface area contributed by atoms with Gasteiger partial charge in [-0.1, -0.05) is 48.9 Å². The van der Waals surface area contributed by atoms with Gasteiger partial charge in [0.05, 0.1) is 12.4 Å². The van der Waals surface area contributed by atoms with Crippen LogP contribution in [0.1, 0.15) is 47.4 Å². The molecule has 158 valence electrons. The molecule has 1 N–H and O–H groups in total. The van der Waals surface area contributed by atoms with Crippen LogP contribution < -0.4 is 5.32 Å². The first-order valence-electron chi connectivity index (χ1n) is 10.6. The molecule has 0 saturated carbocycles. The van der Waals surface area contributed by atoms with Gasteiger partial charge in [-0.15, -0.1) is 11.3 Å². The zero-order valence-corrected chi connectivity index (χ0v) is 19.8. The van der Waals surface area contributed by atoms with Crippen molar-refractivity contribution in [2.45, 2.75) is 53.0 Å². The van der Waals surface area contributed by atoms with Gasteiger partial charge in [-0.2, -0.15) is 0 Å². The van der Waals surface area contributed by atoms with Gasteiger partial charge in [0.25, 0.3) is 0 Å². The molecule has 4 heteroatoms. The molecule has 1 aromatic carbocycles. The minimum atomic E-state index is 0.405. The van der Waals surface area contributed by atoms with Crippen LogP contribution in [0.5, 0.6) is 0 Å². The van der Waals surface area contributed by atoms with Crippen molar-refractivity contribution in [3.05, 3.63) is 62.9 Å². The molecule has 29 heavy (non-hydrogen) atoms. The second-order valence-corrected chi connectivity index (χ2v) is 8.94. The topological polar surface area (TPSA) is 27.6 Å². The van der Waals surface area contributed by atoms with Crippen LogP contribution in [0.4, 0.5) is 0 Å². The summed E-state index contributed by atoms with van der Waals surface area (Å²) in [6.45, 7) is 10.3. The number of nitrogens with zero attached hydrogens (tertiary/aromatic N) is 2. The van der Waals surface area contributed by atoms with Crippen LogP contribution in [0.25, 0.3) is 6.08 Å². The molecule has 0 bridgehead atoms. The molecular weight excluding hydrogens is 374 g/mol. The van der Waals surface area contributed by atoms with Crippen molar-refractivity contribution in [3.63, 3.8) is 0 Å². The van der Waals surface area contributed by atoms with E-state index < -0.39 is 0 Å². The average Bonchev–Trinajstić information content (AvgIpc) is 3.04. The summed E-state index contributed by atoms with van der Waals surface area (Å²) in [4.78, 5) is 8.61. The van der Waals surface area contributed by atoms with Gasteiger partial charge in [-0.05, 0) is 69.8 Å². The molecule has 0 aliphatic carbocycles. The number of allylic oxidation sites excluding steroid dienone is 1. The summed E-state index contributed by atoms with van der Waals surface area (Å²) in [6, 6.07) is 9.26. The quantitative estimate of drug-likeness (QED) is 0.412. The lowest BCUT2D eigenvalue weighted by atomic mass is 10.0. The van der Waals surface area contributed by atoms with E-state index in [1.54, 1.807) is 0 Å². The van der Waals surface area contributed by atoms with E-state index in [4.69, 9.17) is 4.99 Å². The van der Waals surface area contributed by atoms with Crippen LogP contribution in [0.3, 0.4) is 0 Å². The number of amidine groups is 1. The number of likely N-dealkylation sites (N-methyl/N-ethyl adjacent to an activating group) is 1. The lowest BCUT2D eigenvalue weighted by Gasteiger charge is -2.23. The summed E-state index contributed by atoms with van der Waals surface area (Å²) in [5.74, 6) is 1.11. The molecule has 1 unspecified atom stereocenters. The highest BCUT2D eigenvalue weighted by molar-refractivity contribution is 7.10. The number of hydrogen-bond acceptors (Lipinski definition) is 3. The van der Waals surface area contributed by atoms with E-state index in [1.165, 1.54) is 27.1 Å². The largest absolute Gasteiger partial charge is 0.374 e. The Labute approximate surface area is 181 Å². The lowest BCUT2D eigenvalue weighted by Crippen LogP contribution is -2.34. The summed E-state index contributed by atoms with van der Waals surface area (Å²) >= 11 is 1.84. The summed E-state index contributed by atoms with van der Waals surface area (Å²) in [5, 5.41) is 5.86. The number of aliphatic imine (C=N–C) groups is 1. The molecule has 3 nitrogen and oxygen atoms in total. The zero-order valence-electron chi connectivity index (χ0n) is 19.0. The van der Waals surface area contributed by atoms with Crippen LogP contribution in [-0.4, -0.2) is 44.0 Å². The van der Waals surface area contributed by atoms with Gasteiger partial charge in [0, 0.05) is 23.9 Å². The standard InChI is InChI=1S/C25H37N3S/c1-7-9-24-20(4)29-18-22(24)14-15-26-25(8-2)27-17-23(28(5)6)16-21-12-10-19(3)11-13-21/h7,9-13,18,23H,8,14-17H2,1-6H3,(H,26,27)/b9-7-. The average molecular weight is 412 g/mol. The van der Waals surface area contributed by atoms with E-state index in [2.05, 4.69) is 93.8 Å². The van der Waals surface area contributed by atoms with Crippen molar-refractivity contribution in [2.24, 2.45) is 4.99 Å². The van der Waals surface area contributed by atoms with Gasteiger partial charge in [-0.25, -0.2) is 0 Å². The van der Waals surface area contributed by atoms with Crippen molar-refractivity contribution in [3.8, 4) is 0 Å². The molecule has 0 amide bonds. The third-order valence-electron chi connectivity index (χ3n) is 5.31. The predicted molar refractivity (Wildman–Crippen MR) is 130 cm³/mol. The maximum Gasteiger partial charge on any atom is 0.0961 e. The molecule has 1 heterocycles. The molecule has 0 saturated heterocycles. The van der Waals surface area contributed by atoms with Crippen molar-refractivity contribution < 1.29 is 0 Å². The molecule has 1 atom stereocenters. The highest BCUT2D eigenvalue weighted by Crippen LogP contribution is 2.23. The highest BCUT2D eigenvalue weighted by Gasteiger charge is 2.12. The van der Waals surface area contributed by atoms with Crippen molar-refractivity contribution in [1.82, 2.24) is 10.2 Å². The summed E-state index contributed by atoms with van der Waals surface area (Å²) in [7, 11) is 4.30. The molecular formula is C25H37N3S. The SMILES string of the molecule is C/C=C\c1c(CCNC(CC)=NCC(Cc2ccc(C)cc2)N(C)C)csc1C. The summed E-state index contributed by atoms with van der Waals surface area (Å²) < 4.78 is 0. The Kier molecular flexibility index (Phi) is 9.62. The number of hydrogen-bond donors (Lipinski definition) is 1. The first-order chi connectivity index (χ1) is 13.9. The Morgan fingerprint density at radius 2 is 1.93 bits per heavy atom. The number of rotatable bonds is 10. The molecule has 0 fully saturated rings. The monoisotopic (exact) mass is 411 g/mol. The van der Waals surface area contributed by atoms with Gasteiger partial charge in [0.15, 0.2) is 0 Å². The fourth-order valence-corrected chi connectivity index (χ4v) is 4.24. The van der Waals surface area contributed by atoms with Crippen LogP contribution >= 0.6 is 11.3 Å². The third-order valence-corrected chi connectivity index (χ3v) is 6.29. The summed E-state index contributed by atoms with van der Waals surface area (Å²) in [6.07, 6.45) is 7.34. The fraction of sp³-hybridized carbons (Fsp3) is 0.480. The summed E-state index contributed by atoms with van der Waals surface area (Å²) in [5.41, 5.74) is 5.50. The van der Waals surface area contributed by atoms with E-state index in [1.807, 2.05) is 11.3 Å². The highest BCUT2D eigenvalue weighted by atomic mass is 32.1. The minimum Gasteiger partial charge on any atom is -0.374 e. The zero-order chi connectivity index (χ0) is 21.2. The Morgan fingerprint density at radius 3 is 2.55 bits per heavy atom. The van der Waals surface area contributed by atoms with Crippen molar-refractivity contribution >= 4 is 23.2 Å². The van der Waals surface area contributed by atoms with E-state index in [0.29, 0.717) is 6.04 Å². The Balaban J connectivity index is 1.92. The molecule has 0 radical (unpaired) electrons. The van der Waals surface area contributed by atoms with E-state index in [0.717, 1.165) is 38.2 Å². The maximum atomic E-state index is 4.93. The van der Waals surface area contributed by atoms with Gasteiger partial charge >= 0.3 is 0 Å². The van der Waals surface area contributed by atoms with Gasteiger partial charge in [0.1, 0.15) is 0 Å². The minimum absolute atomic E-state index is 0.405. The maximum absolute atomic E-state index is 4.93. The smallest absolute Gasteiger partial charge is 0.0961 e. The van der Waals surface area contributed by atoms with Crippen molar-refractivity contribution in [2.75, 3.05) is 27.2 Å². The second-order valence-electron chi connectivity index (χ2n) is 7.86. The molecule has 0 aliphatic heterocycles. The normalized spacial score (nSPS) is 13.4. The lowest BCUT2D eigenvalue weighted by molar-refractivity contribution is 0.298. The molecule has 0 aliphatic rings. The van der Waals surface area contributed by atoms with Crippen LogP contribution in [0.15, 0.2) is 40.7 Å². The third kappa shape index (κ3) is 7.45. The molecule has 1 aromatic heterocycles. The second kappa shape index (κ2) is 11.9. The Hall–Kier alpha value is -1.91. The molecule has 2 rings (SSSR count). The van der Waals surface area contributed by atoms with Crippen LogP contribution in [-0.2, 0) is 12.8 Å². The number of aryl methyl sites for hydroxylation is 2. The predicted octanol–water partition coefficient (Wildman–Crippen LogP) is 5.51. The van der Waals surface area contributed by atoms with Crippen LogP contribution in [0, 0.1) is 13.8 Å². The van der Waals surface area contributed by atoms with E-state index in [-0.39, 0.29) is 0 Å². The van der Waals surface area contributed by atoms with E-state index in [9.17, 15) is 0 Å². The van der Waals surface area contributed by atoms with Crippen LogP contribution in [0.2, 0.25) is 0 Å². The van der Waals surface area contributed by atoms with Gasteiger partial charge in [-0.3, -0.25) is 4.99 Å². The van der Waals surface area contributed by atoms with Crippen molar-refractivity contribution in [1.29, 1.82) is 0 Å². The first kappa shape index (κ1) is 23.4. The Morgan fingerprint density at radius 1 is 1.21 bits per heavy atom. The Bertz CT molecular complexity index is 800. The first-order valence-corrected chi connectivity index (χ1v) is 11.5. The van der Waals surface area contributed by atoms with E-state index >= 15 is 0 Å². The number of benzene rings is 1. The van der Waals surface area contributed by atoms with Gasteiger partial charge < -0.3 is 10.2 Å². The molecule has 2 aromatic rings. The number of nitrogens with one attached hydrogen (secondary N) is 1. The molecule has 0 spiro atoms. The van der Waals surface area contributed by atoms with Gasteiger partial charge in [0.2, 0.25) is 0 Å². The number of thiophene rings is 1.